The van der Waals surface area contributed by atoms with Gasteiger partial charge in [-0.3, -0.25) is 0 Å². The molecule has 90 valence electrons. The van der Waals surface area contributed by atoms with E-state index in [1.807, 2.05) is 30.3 Å². The SMILES string of the molecule is COc1ccccc1-c1ccc(CN)cc1.Cl. The van der Waals surface area contributed by atoms with Gasteiger partial charge in [0.2, 0.25) is 0 Å². The Hall–Kier alpha value is -1.51. The van der Waals surface area contributed by atoms with Crippen LogP contribution in [0.15, 0.2) is 48.5 Å². The lowest BCUT2D eigenvalue weighted by Crippen LogP contribution is -1.95. The fraction of sp³-hybridized carbons (Fsp3) is 0.143. The molecule has 17 heavy (non-hydrogen) atoms. The summed E-state index contributed by atoms with van der Waals surface area (Å²) >= 11 is 0. The van der Waals surface area contributed by atoms with E-state index in [9.17, 15) is 0 Å². The molecule has 2 aromatic carbocycles. The summed E-state index contributed by atoms with van der Waals surface area (Å²) in [6.45, 7) is 0.576. The highest BCUT2D eigenvalue weighted by molar-refractivity contribution is 5.85. The monoisotopic (exact) mass is 249 g/mol. The molecule has 2 nitrogen and oxygen atoms in total. The molecular formula is C14H16ClNO. The quantitative estimate of drug-likeness (QED) is 0.906. The standard InChI is InChI=1S/C14H15NO.ClH/c1-16-14-5-3-2-4-13(14)12-8-6-11(10-15)7-9-12;/h2-9H,10,15H2,1H3;1H. The molecule has 3 heteroatoms. The maximum atomic E-state index is 5.57. The predicted octanol–water partition coefficient (Wildman–Crippen LogP) is 3.24. The lowest BCUT2D eigenvalue weighted by Gasteiger charge is -2.08. The van der Waals surface area contributed by atoms with Gasteiger partial charge in [-0.2, -0.15) is 0 Å². The summed E-state index contributed by atoms with van der Waals surface area (Å²) in [4.78, 5) is 0. The van der Waals surface area contributed by atoms with E-state index in [-0.39, 0.29) is 12.4 Å². The average molecular weight is 250 g/mol. The molecule has 0 aliphatic rings. The largest absolute Gasteiger partial charge is 0.496 e. The highest BCUT2D eigenvalue weighted by Gasteiger charge is 2.03. The van der Waals surface area contributed by atoms with E-state index >= 15 is 0 Å². The first kappa shape index (κ1) is 13.6. The maximum absolute atomic E-state index is 5.57. The Morgan fingerprint density at radius 3 is 2.24 bits per heavy atom. The van der Waals surface area contributed by atoms with Crippen LogP contribution >= 0.6 is 12.4 Å². The minimum absolute atomic E-state index is 0. The molecular weight excluding hydrogens is 234 g/mol. The second-order valence-corrected chi connectivity index (χ2v) is 3.60. The Balaban J connectivity index is 0.00000144. The lowest BCUT2D eigenvalue weighted by molar-refractivity contribution is 0.416. The average Bonchev–Trinajstić information content (AvgIpc) is 2.39. The Morgan fingerprint density at radius 1 is 1.00 bits per heavy atom. The molecule has 0 spiro atoms. The van der Waals surface area contributed by atoms with Crippen LogP contribution in [-0.2, 0) is 6.54 Å². The number of rotatable bonds is 3. The van der Waals surface area contributed by atoms with Crippen molar-refractivity contribution >= 4 is 12.4 Å². The number of para-hydroxylation sites is 1. The summed E-state index contributed by atoms with van der Waals surface area (Å²) in [5.41, 5.74) is 8.96. The van der Waals surface area contributed by atoms with Crippen LogP contribution in [0.25, 0.3) is 11.1 Å². The topological polar surface area (TPSA) is 35.2 Å². The molecule has 0 aliphatic heterocycles. The van der Waals surface area contributed by atoms with Crippen LogP contribution < -0.4 is 10.5 Å². The van der Waals surface area contributed by atoms with E-state index in [0.29, 0.717) is 6.54 Å². The van der Waals surface area contributed by atoms with E-state index in [4.69, 9.17) is 10.5 Å². The van der Waals surface area contributed by atoms with Crippen LogP contribution in [0.2, 0.25) is 0 Å². The summed E-state index contributed by atoms with van der Waals surface area (Å²) in [5.74, 6) is 0.892. The molecule has 0 unspecified atom stereocenters. The van der Waals surface area contributed by atoms with E-state index in [2.05, 4.69) is 18.2 Å². The van der Waals surface area contributed by atoms with Crippen molar-refractivity contribution in [2.75, 3.05) is 7.11 Å². The number of methoxy groups -OCH3 is 1. The van der Waals surface area contributed by atoms with Crippen LogP contribution in [0.3, 0.4) is 0 Å². The fourth-order valence-corrected chi connectivity index (χ4v) is 1.70. The number of hydrogen-bond donors (Lipinski definition) is 1. The molecule has 0 radical (unpaired) electrons. The van der Waals surface area contributed by atoms with Gasteiger partial charge < -0.3 is 10.5 Å². The number of hydrogen-bond acceptors (Lipinski definition) is 2. The van der Waals surface area contributed by atoms with Crippen LogP contribution in [0.4, 0.5) is 0 Å². The van der Waals surface area contributed by atoms with Gasteiger partial charge in [0.1, 0.15) is 5.75 Å². The fourth-order valence-electron chi connectivity index (χ4n) is 1.70. The molecule has 0 amide bonds. The highest BCUT2D eigenvalue weighted by atomic mass is 35.5. The summed E-state index contributed by atoms with van der Waals surface area (Å²) in [5, 5.41) is 0. The number of nitrogens with two attached hydrogens (primary N) is 1. The molecule has 0 heterocycles. The molecule has 2 N–H and O–H groups in total. The van der Waals surface area contributed by atoms with E-state index in [1.165, 1.54) is 0 Å². The third kappa shape index (κ3) is 2.99. The van der Waals surface area contributed by atoms with Gasteiger partial charge in [0.05, 0.1) is 7.11 Å². The minimum Gasteiger partial charge on any atom is -0.496 e. The zero-order valence-electron chi connectivity index (χ0n) is 9.72. The molecule has 0 atom stereocenters. The number of ether oxygens (including phenoxy) is 1. The summed E-state index contributed by atoms with van der Waals surface area (Å²) < 4.78 is 5.33. The molecule has 0 fully saturated rings. The van der Waals surface area contributed by atoms with Gasteiger partial charge in [-0.05, 0) is 17.2 Å². The summed E-state index contributed by atoms with van der Waals surface area (Å²) in [6, 6.07) is 16.2. The Morgan fingerprint density at radius 2 is 1.65 bits per heavy atom. The zero-order chi connectivity index (χ0) is 11.4. The van der Waals surface area contributed by atoms with Crippen LogP contribution in [0.5, 0.6) is 5.75 Å². The van der Waals surface area contributed by atoms with Gasteiger partial charge in [0, 0.05) is 12.1 Å². The lowest BCUT2D eigenvalue weighted by atomic mass is 10.0. The second kappa shape index (κ2) is 6.28. The van der Waals surface area contributed by atoms with Gasteiger partial charge in [0.15, 0.2) is 0 Å². The first-order valence-electron chi connectivity index (χ1n) is 5.27. The zero-order valence-corrected chi connectivity index (χ0v) is 10.5. The van der Waals surface area contributed by atoms with E-state index in [1.54, 1.807) is 7.11 Å². The summed E-state index contributed by atoms with van der Waals surface area (Å²) in [7, 11) is 1.69. The van der Waals surface area contributed by atoms with Gasteiger partial charge >= 0.3 is 0 Å². The van der Waals surface area contributed by atoms with Crippen molar-refractivity contribution in [2.24, 2.45) is 5.73 Å². The van der Waals surface area contributed by atoms with Crippen molar-refractivity contribution in [3.05, 3.63) is 54.1 Å². The molecule has 0 aliphatic carbocycles. The predicted molar refractivity (Wildman–Crippen MR) is 73.6 cm³/mol. The van der Waals surface area contributed by atoms with Crippen molar-refractivity contribution in [3.63, 3.8) is 0 Å². The summed E-state index contributed by atoms with van der Waals surface area (Å²) in [6.07, 6.45) is 0. The third-order valence-electron chi connectivity index (χ3n) is 2.61. The Bertz CT molecular complexity index is 468. The highest BCUT2D eigenvalue weighted by Crippen LogP contribution is 2.29. The van der Waals surface area contributed by atoms with Gasteiger partial charge in [0.25, 0.3) is 0 Å². The minimum atomic E-state index is 0. The van der Waals surface area contributed by atoms with Crippen molar-refractivity contribution in [1.82, 2.24) is 0 Å². The Labute approximate surface area is 108 Å². The Kier molecular flexibility index (Phi) is 5.01. The second-order valence-electron chi connectivity index (χ2n) is 3.60. The van der Waals surface area contributed by atoms with E-state index < -0.39 is 0 Å². The number of halogens is 1. The van der Waals surface area contributed by atoms with Crippen LogP contribution in [0, 0.1) is 0 Å². The third-order valence-corrected chi connectivity index (χ3v) is 2.61. The maximum Gasteiger partial charge on any atom is 0.126 e. The first-order chi connectivity index (χ1) is 7.85. The molecule has 2 aromatic rings. The van der Waals surface area contributed by atoms with Crippen LogP contribution in [0.1, 0.15) is 5.56 Å². The molecule has 0 aromatic heterocycles. The molecule has 0 saturated heterocycles. The van der Waals surface area contributed by atoms with Gasteiger partial charge in [-0.1, -0.05) is 42.5 Å². The first-order valence-corrected chi connectivity index (χ1v) is 5.27. The van der Waals surface area contributed by atoms with Crippen molar-refractivity contribution < 1.29 is 4.74 Å². The van der Waals surface area contributed by atoms with Crippen molar-refractivity contribution in [1.29, 1.82) is 0 Å². The normalized spacial score (nSPS) is 9.53. The smallest absolute Gasteiger partial charge is 0.126 e. The molecule has 2 rings (SSSR count). The van der Waals surface area contributed by atoms with Gasteiger partial charge in [-0.25, -0.2) is 0 Å². The van der Waals surface area contributed by atoms with Crippen LogP contribution in [-0.4, -0.2) is 7.11 Å². The molecule has 0 saturated carbocycles. The van der Waals surface area contributed by atoms with Crippen molar-refractivity contribution in [2.45, 2.75) is 6.54 Å². The molecule has 0 bridgehead atoms. The number of benzene rings is 2. The van der Waals surface area contributed by atoms with Crippen molar-refractivity contribution in [3.8, 4) is 16.9 Å². The van der Waals surface area contributed by atoms with Gasteiger partial charge in [-0.15, -0.1) is 12.4 Å². The van der Waals surface area contributed by atoms with E-state index in [0.717, 1.165) is 22.4 Å².